The minimum absolute atomic E-state index is 0.0323. The molecule has 3 rings (SSSR count). The third kappa shape index (κ3) is 3.40. The van der Waals surface area contributed by atoms with Gasteiger partial charge in [0.05, 0.1) is 14.2 Å². The molecule has 1 fully saturated rings. The van der Waals surface area contributed by atoms with Crippen LogP contribution in [0.5, 0.6) is 11.5 Å². The predicted molar refractivity (Wildman–Crippen MR) is 98.9 cm³/mol. The first-order valence-corrected chi connectivity index (χ1v) is 8.89. The normalized spacial score (nSPS) is 17.4. The van der Waals surface area contributed by atoms with Crippen LogP contribution in [0.15, 0.2) is 22.7 Å². The third-order valence-corrected chi connectivity index (χ3v) is 4.81. The van der Waals surface area contributed by atoms with Crippen LogP contribution >= 0.6 is 0 Å². The first-order valence-electron chi connectivity index (χ1n) is 8.89. The van der Waals surface area contributed by atoms with E-state index in [1.807, 2.05) is 0 Å². The van der Waals surface area contributed by atoms with Crippen molar-refractivity contribution in [2.75, 3.05) is 20.8 Å². The molecule has 2 aromatic rings. The molecule has 0 spiro atoms. The highest BCUT2D eigenvalue weighted by molar-refractivity contribution is 6.03. The van der Waals surface area contributed by atoms with Gasteiger partial charge in [-0.15, -0.1) is 0 Å². The molecule has 2 atom stereocenters. The number of amides is 2. The van der Waals surface area contributed by atoms with Gasteiger partial charge in [-0.2, -0.15) is 0 Å². The maximum absolute atomic E-state index is 13.3. The van der Waals surface area contributed by atoms with Gasteiger partial charge in [0.1, 0.15) is 23.4 Å². The van der Waals surface area contributed by atoms with E-state index in [0.717, 1.165) is 0 Å². The van der Waals surface area contributed by atoms with Crippen LogP contribution in [-0.2, 0) is 4.79 Å². The number of carbonyl (C=O) groups excluding carboxylic acids is 2. The molecular weight excluding hydrogens is 366 g/mol. The number of hydrogen-bond acceptors (Lipinski definition) is 7. The van der Waals surface area contributed by atoms with Gasteiger partial charge in [-0.3, -0.25) is 9.59 Å². The van der Waals surface area contributed by atoms with Crippen molar-refractivity contribution in [1.29, 1.82) is 0 Å². The number of primary amides is 1. The van der Waals surface area contributed by atoms with Crippen LogP contribution in [0.4, 0.5) is 0 Å². The van der Waals surface area contributed by atoms with E-state index in [4.69, 9.17) is 19.7 Å². The molecule has 9 heteroatoms. The number of benzene rings is 1. The molecule has 1 aromatic carbocycles. The molecule has 0 saturated carbocycles. The Morgan fingerprint density at radius 1 is 1.32 bits per heavy atom. The van der Waals surface area contributed by atoms with Crippen LogP contribution in [0.3, 0.4) is 0 Å². The van der Waals surface area contributed by atoms with Gasteiger partial charge in [-0.1, -0.05) is 5.16 Å². The summed E-state index contributed by atoms with van der Waals surface area (Å²) < 4.78 is 15.8. The smallest absolute Gasteiger partial charge is 0.260 e. The number of aliphatic hydroxyl groups is 1. The van der Waals surface area contributed by atoms with E-state index in [0.29, 0.717) is 36.4 Å². The second-order valence-corrected chi connectivity index (χ2v) is 6.58. The number of methoxy groups -OCH3 is 2. The number of aliphatic hydroxyl groups excluding tert-OH is 1. The number of aromatic nitrogens is 1. The lowest BCUT2D eigenvalue weighted by atomic mass is 10.0. The molecule has 3 N–H and O–H groups in total. The van der Waals surface area contributed by atoms with Gasteiger partial charge in [0.25, 0.3) is 5.91 Å². The van der Waals surface area contributed by atoms with Gasteiger partial charge in [0.2, 0.25) is 5.91 Å². The largest absolute Gasteiger partial charge is 0.493 e. The molecule has 2 amide bonds. The molecule has 9 nitrogen and oxygen atoms in total. The van der Waals surface area contributed by atoms with E-state index < -0.39 is 24.0 Å². The maximum Gasteiger partial charge on any atom is 0.260 e. The molecule has 1 aliphatic heterocycles. The van der Waals surface area contributed by atoms with Gasteiger partial charge < -0.3 is 29.7 Å². The maximum atomic E-state index is 13.3. The third-order valence-electron chi connectivity index (χ3n) is 4.81. The van der Waals surface area contributed by atoms with Crippen molar-refractivity contribution in [2.24, 2.45) is 5.73 Å². The lowest BCUT2D eigenvalue weighted by molar-refractivity contribution is -0.121. The van der Waals surface area contributed by atoms with E-state index >= 15 is 0 Å². The number of ether oxygens (including phenoxy) is 2. The Morgan fingerprint density at radius 2 is 2.04 bits per heavy atom. The Kier molecular flexibility index (Phi) is 5.55. The molecule has 1 aromatic heterocycles. The summed E-state index contributed by atoms with van der Waals surface area (Å²) in [5.74, 6) is -0.00963. The molecular formula is C19H23N3O6. The number of nitrogens with zero attached hydrogens (tertiary/aromatic N) is 2. The van der Waals surface area contributed by atoms with Crippen molar-refractivity contribution in [3.05, 3.63) is 29.5 Å². The quantitative estimate of drug-likeness (QED) is 0.766. The number of rotatable bonds is 6. The van der Waals surface area contributed by atoms with Crippen molar-refractivity contribution < 1.29 is 28.7 Å². The molecule has 0 bridgehead atoms. The highest BCUT2D eigenvalue weighted by Crippen LogP contribution is 2.36. The number of carbonyl (C=O) groups is 2. The fourth-order valence-corrected chi connectivity index (χ4v) is 3.42. The summed E-state index contributed by atoms with van der Waals surface area (Å²) in [6.07, 6.45) is 0.109. The van der Waals surface area contributed by atoms with E-state index in [1.165, 1.54) is 26.0 Å². The fraction of sp³-hybridized carbons (Fsp3) is 0.421. The minimum atomic E-state index is -1.06. The Balaban J connectivity index is 2.10. The molecule has 0 unspecified atom stereocenters. The minimum Gasteiger partial charge on any atom is -0.493 e. The molecule has 2 heterocycles. The molecule has 1 aliphatic rings. The Bertz CT molecular complexity index is 892. The van der Waals surface area contributed by atoms with Crippen molar-refractivity contribution in [2.45, 2.75) is 31.9 Å². The zero-order valence-electron chi connectivity index (χ0n) is 16.0. The Hall–Kier alpha value is -3.07. The standard InChI is InChI=1S/C19H23N3O6/c1-10(23)17-15(19(25)22-8-4-5-12(22)18(20)24)16(21-28-17)11-6-7-13(26-2)14(9-11)27-3/h6-7,9-10,12,23H,4-5,8H2,1-3H3,(H2,20,24)/t10-,12-/m0/s1. The summed E-state index contributed by atoms with van der Waals surface area (Å²) in [5.41, 5.74) is 6.35. The average molecular weight is 389 g/mol. The van der Waals surface area contributed by atoms with Gasteiger partial charge >= 0.3 is 0 Å². The van der Waals surface area contributed by atoms with Gasteiger partial charge in [-0.25, -0.2) is 0 Å². The number of nitrogens with two attached hydrogens (primary N) is 1. The van der Waals surface area contributed by atoms with E-state index in [2.05, 4.69) is 5.16 Å². The van der Waals surface area contributed by atoms with Crippen molar-refractivity contribution in [3.8, 4) is 22.8 Å². The SMILES string of the molecule is COc1ccc(-c2noc([C@H](C)O)c2C(=O)N2CCC[C@H]2C(N)=O)cc1OC. The summed E-state index contributed by atoms with van der Waals surface area (Å²) in [7, 11) is 3.02. The van der Waals surface area contributed by atoms with Gasteiger partial charge in [0, 0.05) is 12.1 Å². The van der Waals surface area contributed by atoms with Crippen LogP contribution in [0.2, 0.25) is 0 Å². The average Bonchev–Trinajstić information content (AvgIpc) is 3.34. The van der Waals surface area contributed by atoms with E-state index in [1.54, 1.807) is 18.2 Å². The summed E-state index contributed by atoms with van der Waals surface area (Å²) in [5, 5.41) is 14.1. The van der Waals surface area contributed by atoms with Crippen LogP contribution in [0, 0.1) is 0 Å². The monoisotopic (exact) mass is 389 g/mol. The highest BCUT2D eigenvalue weighted by atomic mass is 16.5. The molecule has 150 valence electrons. The van der Waals surface area contributed by atoms with Crippen molar-refractivity contribution in [1.82, 2.24) is 10.1 Å². The highest BCUT2D eigenvalue weighted by Gasteiger charge is 2.37. The number of hydrogen-bond donors (Lipinski definition) is 2. The van der Waals surface area contributed by atoms with Crippen molar-refractivity contribution in [3.63, 3.8) is 0 Å². The first-order chi connectivity index (χ1) is 13.4. The van der Waals surface area contributed by atoms with Gasteiger partial charge in [-0.05, 0) is 38.0 Å². The van der Waals surface area contributed by atoms with Crippen molar-refractivity contribution >= 4 is 11.8 Å². The molecule has 1 saturated heterocycles. The predicted octanol–water partition coefficient (Wildman–Crippen LogP) is 1.50. The lowest BCUT2D eigenvalue weighted by Gasteiger charge is -2.22. The lowest BCUT2D eigenvalue weighted by Crippen LogP contribution is -2.44. The summed E-state index contributed by atoms with van der Waals surface area (Å²) in [6.45, 7) is 1.87. The van der Waals surface area contributed by atoms with E-state index in [-0.39, 0.29) is 17.0 Å². The summed E-state index contributed by atoms with van der Waals surface area (Å²) in [4.78, 5) is 26.4. The topological polar surface area (TPSA) is 128 Å². The van der Waals surface area contributed by atoms with Gasteiger partial charge in [0.15, 0.2) is 17.3 Å². The summed E-state index contributed by atoms with van der Waals surface area (Å²) >= 11 is 0. The Labute approximate surface area is 162 Å². The van der Waals surface area contributed by atoms with Crippen LogP contribution in [0.1, 0.15) is 42.0 Å². The van der Waals surface area contributed by atoms with E-state index in [9.17, 15) is 14.7 Å². The number of likely N-dealkylation sites (tertiary alicyclic amines) is 1. The molecule has 0 radical (unpaired) electrons. The molecule has 28 heavy (non-hydrogen) atoms. The fourth-order valence-electron chi connectivity index (χ4n) is 3.42. The van der Waals surface area contributed by atoms with Crippen LogP contribution in [0.25, 0.3) is 11.3 Å². The second-order valence-electron chi connectivity index (χ2n) is 6.58. The van der Waals surface area contributed by atoms with Crippen LogP contribution in [-0.4, -0.2) is 53.8 Å². The Morgan fingerprint density at radius 3 is 2.64 bits per heavy atom. The zero-order valence-corrected chi connectivity index (χ0v) is 16.0. The second kappa shape index (κ2) is 7.89. The summed E-state index contributed by atoms with van der Waals surface area (Å²) in [6, 6.07) is 4.36. The zero-order chi connectivity index (χ0) is 20.4. The molecule has 0 aliphatic carbocycles. The van der Waals surface area contributed by atoms with Crippen LogP contribution < -0.4 is 15.2 Å². The first kappa shape index (κ1) is 19.7.